The van der Waals surface area contributed by atoms with E-state index >= 15 is 0 Å². The Kier molecular flexibility index (Phi) is 10.9. The number of nitrogens with one attached hydrogen (secondary N) is 1. The summed E-state index contributed by atoms with van der Waals surface area (Å²) in [5.74, 6) is -1.43. The lowest BCUT2D eigenvalue weighted by atomic mass is 10.1. The van der Waals surface area contributed by atoms with Gasteiger partial charge in [-0.15, -0.1) is 0 Å². The van der Waals surface area contributed by atoms with Gasteiger partial charge in [-0.25, -0.2) is 4.79 Å². The summed E-state index contributed by atoms with van der Waals surface area (Å²) in [7, 11) is 0. The largest absolute Gasteiger partial charge is 0.477 e. The Morgan fingerprint density at radius 2 is 1.42 bits per heavy atom. The van der Waals surface area contributed by atoms with Crippen molar-refractivity contribution in [3.8, 4) is 0 Å². The highest BCUT2D eigenvalue weighted by molar-refractivity contribution is 5.91. The molecule has 0 aliphatic rings. The number of hydrogen-bond acceptors (Lipinski definition) is 2. The Hall–Kier alpha value is -1.32. The molecule has 0 radical (unpaired) electrons. The third-order valence-corrected chi connectivity index (χ3v) is 3.06. The molecule has 0 aromatic carbocycles. The molecule has 19 heavy (non-hydrogen) atoms. The fourth-order valence-corrected chi connectivity index (χ4v) is 1.88. The van der Waals surface area contributed by atoms with Gasteiger partial charge in [-0.1, -0.05) is 64.9 Å². The maximum Gasteiger partial charge on any atom is 0.351 e. The first-order valence-electron chi connectivity index (χ1n) is 7.30. The number of carbonyl (C=O) groups excluding carboxylic acids is 1. The van der Waals surface area contributed by atoms with E-state index in [0.29, 0.717) is 6.42 Å². The molecule has 0 atom stereocenters. The minimum absolute atomic E-state index is 0.249. The summed E-state index contributed by atoms with van der Waals surface area (Å²) >= 11 is 0. The molecule has 0 fully saturated rings. The third-order valence-electron chi connectivity index (χ3n) is 3.06. The third kappa shape index (κ3) is 11.5. The van der Waals surface area contributed by atoms with Crippen molar-refractivity contribution in [3.05, 3.63) is 12.3 Å². The van der Waals surface area contributed by atoms with Crippen LogP contribution in [0.2, 0.25) is 0 Å². The molecule has 0 rings (SSSR count). The van der Waals surface area contributed by atoms with Gasteiger partial charge in [-0.2, -0.15) is 0 Å². The number of carboxylic acid groups (broad SMARTS) is 1. The van der Waals surface area contributed by atoms with Crippen molar-refractivity contribution in [2.75, 3.05) is 0 Å². The summed E-state index contributed by atoms with van der Waals surface area (Å²) in [5, 5.41) is 10.8. The number of rotatable bonds is 12. The zero-order valence-electron chi connectivity index (χ0n) is 12.0. The number of unbranched alkanes of at least 4 members (excludes halogenated alkanes) is 8. The standard InChI is InChI=1S/C15H27NO3/c1-3-4-5-6-7-8-9-10-11-12-14(17)16-13(2)15(18)19/h2-12H2,1H3,(H,16,17)(H,18,19). The zero-order valence-corrected chi connectivity index (χ0v) is 12.0. The summed E-state index contributed by atoms with van der Waals surface area (Å²) in [5.41, 5.74) is -0.249. The van der Waals surface area contributed by atoms with Gasteiger partial charge in [0.25, 0.3) is 0 Å². The summed E-state index contributed by atoms with van der Waals surface area (Å²) < 4.78 is 0. The summed E-state index contributed by atoms with van der Waals surface area (Å²) in [6, 6.07) is 0. The van der Waals surface area contributed by atoms with E-state index in [-0.39, 0.29) is 11.6 Å². The normalized spacial score (nSPS) is 10.2. The lowest BCUT2D eigenvalue weighted by Crippen LogP contribution is -2.26. The van der Waals surface area contributed by atoms with E-state index in [1.54, 1.807) is 0 Å². The van der Waals surface area contributed by atoms with Crippen LogP contribution in [0.5, 0.6) is 0 Å². The van der Waals surface area contributed by atoms with Crippen molar-refractivity contribution in [2.24, 2.45) is 0 Å². The van der Waals surface area contributed by atoms with Gasteiger partial charge in [0.2, 0.25) is 5.91 Å². The van der Waals surface area contributed by atoms with E-state index < -0.39 is 5.97 Å². The molecule has 0 heterocycles. The second kappa shape index (κ2) is 11.8. The van der Waals surface area contributed by atoms with E-state index in [1.807, 2.05) is 0 Å². The van der Waals surface area contributed by atoms with Crippen molar-refractivity contribution in [1.29, 1.82) is 0 Å². The second-order valence-electron chi connectivity index (χ2n) is 4.91. The molecule has 0 aromatic rings. The minimum Gasteiger partial charge on any atom is -0.477 e. The van der Waals surface area contributed by atoms with E-state index in [2.05, 4.69) is 18.8 Å². The molecule has 4 heteroatoms. The van der Waals surface area contributed by atoms with Gasteiger partial charge < -0.3 is 10.4 Å². The fourth-order valence-electron chi connectivity index (χ4n) is 1.88. The second-order valence-corrected chi connectivity index (χ2v) is 4.91. The monoisotopic (exact) mass is 269 g/mol. The Labute approximate surface area is 116 Å². The van der Waals surface area contributed by atoms with Gasteiger partial charge in [0.1, 0.15) is 5.70 Å². The number of carbonyl (C=O) groups is 2. The van der Waals surface area contributed by atoms with Crippen molar-refractivity contribution in [2.45, 2.75) is 71.1 Å². The number of hydrogen-bond donors (Lipinski definition) is 2. The average Bonchev–Trinajstić information content (AvgIpc) is 2.36. The minimum atomic E-state index is -1.18. The van der Waals surface area contributed by atoms with Crippen molar-refractivity contribution >= 4 is 11.9 Å². The molecule has 0 aliphatic heterocycles. The van der Waals surface area contributed by atoms with Crippen molar-refractivity contribution < 1.29 is 14.7 Å². The van der Waals surface area contributed by atoms with Gasteiger partial charge in [0.15, 0.2) is 0 Å². The molecular formula is C15H27NO3. The smallest absolute Gasteiger partial charge is 0.351 e. The molecule has 1 amide bonds. The highest BCUT2D eigenvalue weighted by atomic mass is 16.4. The number of carboxylic acids is 1. The molecule has 0 aromatic heterocycles. The first-order valence-corrected chi connectivity index (χ1v) is 7.30. The molecule has 0 spiro atoms. The first kappa shape index (κ1) is 17.7. The maximum atomic E-state index is 11.3. The topological polar surface area (TPSA) is 66.4 Å². The van der Waals surface area contributed by atoms with Crippen LogP contribution in [0.4, 0.5) is 0 Å². The number of amides is 1. The fraction of sp³-hybridized carbons (Fsp3) is 0.733. The summed E-state index contributed by atoms with van der Waals surface area (Å²) in [6.45, 7) is 5.47. The van der Waals surface area contributed by atoms with Gasteiger partial charge in [-0.05, 0) is 6.42 Å². The molecule has 110 valence electrons. The molecule has 4 nitrogen and oxygen atoms in total. The molecule has 0 unspecified atom stereocenters. The highest BCUT2D eigenvalue weighted by Crippen LogP contribution is 2.10. The van der Waals surface area contributed by atoms with Crippen LogP contribution in [0.3, 0.4) is 0 Å². The van der Waals surface area contributed by atoms with Gasteiger partial charge in [-0.3, -0.25) is 4.79 Å². The summed E-state index contributed by atoms with van der Waals surface area (Å²) in [6.07, 6.45) is 11.1. The molecule has 0 saturated heterocycles. The molecule has 2 N–H and O–H groups in total. The zero-order chi connectivity index (χ0) is 14.5. The predicted molar refractivity (Wildman–Crippen MR) is 76.8 cm³/mol. The maximum absolute atomic E-state index is 11.3. The molecule has 0 bridgehead atoms. The first-order chi connectivity index (χ1) is 9.07. The van der Waals surface area contributed by atoms with E-state index in [9.17, 15) is 9.59 Å². The predicted octanol–water partition coefficient (Wildman–Crippen LogP) is 3.62. The van der Waals surface area contributed by atoms with Crippen molar-refractivity contribution in [3.63, 3.8) is 0 Å². The van der Waals surface area contributed by atoms with Crippen molar-refractivity contribution in [1.82, 2.24) is 5.32 Å². The van der Waals surface area contributed by atoms with Gasteiger partial charge >= 0.3 is 5.97 Å². The van der Waals surface area contributed by atoms with Crippen LogP contribution in [0, 0.1) is 0 Å². The van der Waals surface area contributed by atoms with E-state index in [0.717, 1.165) is 19.3 Å². The molecule has 0 saturated carbocycles. The Bertz CT molecular complexity index is 287. The van der Waals surface area contributed by atoms with Crippen LogP contribution in [0.25, 0.3) is 0 Å². The van der Waals surface area contributed by atoms with E-state index in [1.165, 1.54) is 38.5 Å². The van der Waals surface area contributed by atoms with Gasteiger partial charge in [0, 0.05) is 6.42 Å². The highest BCUT2D eigenvalue weighted by Gasteiger charge is 2.07. The Morgan fingerprint density at radius 3 is 1.89 bits per heavy atom. The Morgan fingerprint density at radius 1 is 0.947 bits per heavy atom. The van der Waals surface area contributed by atoms with Crippen LogP contribution >= 0.6 is 0 Å². The van der Waals surface area contributed by atoms with Crippen LogP contribution < -0.4 is 5.32 Å². The quantitative estimate of drug-likeness (QED) is 0.420. The van der Waals surface area contributed by atoms with Gasteiger partial charge in [0.05, 0.1) is 0 Å². The molecule has 0 aliphatic carbocycles. The Balaban J connectivity index is 3.32. The van der Waals surface area contributed by atoms with Crippen LogP contribution in [0.15, 0.2) is 12.3 Å². The van der Waals surface area contributed by atoms with Crippen LogP contribution in [-0.4, -0.2) is 17.0 Å². The van der Waals surface area contributed by atoms with Crippen LogP contribution in [-0.2, 0) is 9.59 Å². The number of aliphatic carboxylic acids is 1. The lowest BCUT2D eigenvalue weighted by molar-refractivity contribution is -0.134. The summed E-state index contributed by atoms with van der Waals surface area (Å²) in [4.78, 5) is 21.8. The SMILES string of the molecule is C=C(NC(=O)CCCCCCCCCCC)C(=O)O. The lowest BCUT2D eigenvalue weighted by Gasteiger charge is -2.04. The van der Waals surface area contributed by atoms with Crippen LogP contribution in [0.1, 0.15) is 71.1 Å². The average molecular weight is 269 g/mol. The molecular weight excluding hydrogens is 242 g/mol. The van der Waals surface area contributed by atoms with E-state index in [4.69, 9.17) is 5.11 Å².